The topological polar surface area (TPSA) is 69.2 Å². The van der Waals surface area contributed by atoms with E-state index in [4.69, 9.17) is 11.6 Å². The van der Waals surface area contributed by atoms with Crippen LogP contribution in [0.2, 0.25) is 5.02 Å². The van der Waals surface area contributed by atoms with Gasteiger partial charge < -0.3 is 0 Å². The van der Waals surface area contributed by atoms with Gasteiger partial charge in [-0.3, -0.25) is 0 Å². The Bertz CT molecular complexity index is 244. The molecule has 0 amide bonds. The molecule has 0 atom stereocenters. The summed E-state index contributed by atoms with van der Waals surface area (Å²) in [5, 5.41) is 0.203. The molecule has 0 unspecified atom stereocenters. The van der Waals surface area contributed by atoms with Gasteiger partial charge in [0.2, 0.25) is 0 Å². The van der Waals surface area contributed by atoms with Crippen molar-refractivity contribution in [1.29, 1.82) is 0 Å². The summed E-state index contributed by atoms with van der Waals surface area (Å²) in [6, 6.07) is 5.13. The van der Waals surface area contributed by atoms with Crippen molar-refractivity contribution in [3.8, 4) is 0 Å². The van der Waals surface area contributed by atoms with Crippen LogP contribution in [0.1, 0.15) is 0 Å². The molecule has 0 aliphatic heterocycles. The maximum atomic E-state index is 10.4. The van der Waals surface area contributed by atoms with Crippen LogP contribution in [0.15, 0.2) is 24.3 Å². The average molecular weight is 227 g/mol. The second-order valence-electron chi connectivity index (χ2n) is 2.06. The molecule has 1 aromatic carbocycles. The van der Waals surface area contributed by atoms with E-state index in [-0.39, 0.29) is 17.7 Å². The monoisotopic (exact) mass is 226 g/mol. The van der Waals surface area contributed by atoms with Gasteiger partial charge in [-0.2, -0.15) is 0 Å². The van der Waals surface area contributed by atoms with Crippen LogP contribution in [0.3, 0.4) is 0 Å². The Morgan fingerprint density at radius 2 is 1.42 bits per heavy atom. The Morgan fingerprint density at radius 1 is 1.00 bits per heavy atom. The standard InChI is InChI=1S/C6H5ClO3P.Cl/c7-5-1-3-6(4-2-5)11(8,9)10;/h1-4,11H;/q-3;+3. The molecule has 0 N–H and O–H groups in total. The van der Waals surface area contributed by atoms with Crippen molar-refractivity contribution in [2.75, 3.05) is 0 Å². The summed E-state index contributed by atoms with van der Waals surface area (Å²) in [5.74, 6) is 0. The number of hydrogen-bond acceptors (Lipinski definition) is 3. The first kappa shape index (κ1) is 12.1. The first-order valence-corrected chi connectivity index (χ1v) is 4.98. The molecule has 0 aliphatic carbocycles. The second-order valence-corrected chi connectivity index (χ2v) is 4.19. The van der Waals surface area contributed by atoms with Gasteiger partial charge in [-0.05, 0) is 0 Å². The van der Waals surface area contributed by atoms with Crippen molar-refractivity contribution in [2.24, 2.45) is 0 Å². The van der Waals surface area contributed by atoms with E-state index in [1.165, 1.54) is 24.3 Å². The SMILES string of the molecule is [Cl+3].[O-][PH]([O-])([O-])c1ccc(Cl)cc1. The summed E-state index contributed by atoms with van der Waals surface area (Å²) in [5.41, 5.74) is 0. The van der Waals surface area contributed by atoms with Crippen LogP contribution in [0.25, 0.3) is 0 Å². The Kier molecular flexibility index (Phi) is 4.42. The predicted molar refractivity (Wildman–Crippen MR) is 39.4 cm³/mol. The number of hydrogen-bond donors (Lipinski definition) is 0. The van der Waals surface area contributed by atoms with Gasteiger partial charge in [0.05, 0.1) is 0 Å². The molecule has 6 heteroatoms. The van der Waals surface area contributed by atoms with E-state index in [1.54, 1.807) is 0 Å². The molecule has 1 rings (SSSR count). The summed E-state index contributed by atoms with van der Waals surface area (Å²) in [6.45, 7) is 0. The van der Waals surface area contributed by atoms with E-state index < -0.39 is 7.94 Å². The Hall–Kier alpha value is 0.110. The van der Waals surface area contributed by atoms with E-state index in [2.05, 4.69) is 0 Å². The van der Waals surface area contributed by atoms with Gasteiger partial charge in [-0.25, -0.2) is 0 Å². The van der Waals surface area contributed by atoms with Crippen molar-refractivity contribution < 1.29 is 27.1 Å². The van der Waals surface area contributed by atoms with E-state index in [9.17, 15) is 14.7 Å². The third kappa shape index (κ3) is 3.23. The van der Waals surface area contributed by atoms with Crippen molar-refractivity contribution in [3.63, 3.8) is 0 Å². The molecule has 0 saturated heterocycles. The van der Waals surface area contributed by atoms with Crippen LogP contribution < -0.4 is 20.0 Å². The van der Waals surface area contributed by atoms with Gasteiger partial charge in [-0.1, -0.05) is 0 Å². The third-order valence-corrected chi connectivity index (χ3v) is 2.49. The molecule has 66 valence electrons. The van der Waals surface area contributed by atoms with Gasteiger partial charge in [0.25, 0.3) is 0 Å². The summed E-state index contributed by atoms with van der Waals surface area (Å²) in [6.07, 6.45) is 0. The van der Waals surface area contributed by atoms with Crippen LogP contribution in [-0.4, -0.2) is 0 Å². The fraction of sp³-hybridized carbons (Fsp3) is 0. The van der Waals surface area contributed by atoms with E-state index in [0.29, 0.717) is 5.02 Å². The minimum atomic E-state index is -4.86. The molecule has 4 radical (unpaired) electrons. The van der Waals surface area contributed by atoms with Gasteiger partial charge in [0.1, 0.15) is 0 Å². The normalized spacial score (nSPS) is 12.0. The molecule has 0 aliphatic rings. The quantitative estimate of drug-likeness (QED) is 0.550. The first-order valence-electron chi connectivity index (χ1n) is 2.87. The maximum absolute atomic E-state index is 10.4. The summed E-state index contributed by atoms with van der Waals surface area (Å²) in [7, 11) is -4.86. The molecule has 12 heavy (non-hydrogen) atoms. The zero-order valence-electron chi connectivity index (χ0n) is 5.79. The molecule has 0 heterocycles. The van der Waals surface area contributed by atoms with E-state index >= 15 is 0 Å². The third-order valence-electron chi connectivity index (χ3n) is 1.20. The number of halogens is 2. The van der Waals surface area contributed by atoms with Crippen molar-refractivity contribution in [3.05, 3.63) is 29.3 Å². The van der Waals surface area contributed by atoms with Crippen molar-refractivity contribution in [2.45, 2.75) is 0 Å². The van der Waals surface area contributed by atoms with Gasteiger partial charge >= 0.3 is 81.2 Å². The zero-order chi connectivity index (χ0) is 8.48. The van der Waals surface area contributed by atoms with Crippen LogP contribution in [0.5, 0.6) is 0 Å². The van der Waals surface area contributed by atoms with Gasteiger partial charge in [0, 0.05) is 0 Å². The summed E-state index contributed by atoms with van der Waals surface area (Å²) in [4.78, 5) is 31.2. The molecule has 0 spiro atoms. The van der Waals surface area contributed by atoms with Crippen LogP contribution in [-0.2, 0) is 0 Å². The molecule has 1 aromatic rings. The van der Waals surface area contributed by atoms with Crippen LogP contribution in [0, 0.1) is 12.4 Å². The number of benzene rings is 1. The first-order chi connectivity index (χ1) is 5.00. The van der Waals surface area contributed by atoms with Crippen LogP contribution in [0.4, 0.5) is 0 Å². The van der Waals surface area contributed by atoms with Crippen LogP contribution >= 0.6 is 19.5 Å². The van der Waals surface area contributed by atoms with Crippen molar-refractivity contribution >= 4 is 24.8 Å². The summed E-state index contributed by atoms with van der Waals surface area (Å²) >= 11 is 5.47. The van der Waals surface area contributed by atoms with Gasteiger partial charge in [-0.15, -0.1) is 0 Å². The Labute approximate surface area is 81.6 Å². The Morgan fingerprint density at radius 3 is 1.75 bits per heavy atom. The second kappa shape index (κ2) is 4.38. The molecule has 0 saturated carbocycles. The molecule has 3 nitrogen and oxygen atoms in total. The zero-order valence-corrected chi connectivity index (χ0v) is 8.30. The van der Waals surface area contributed by atoms with Gasteiger partial charge in [0.15, 0.2) is 0 Å². The minimum absolute atomic E-state index is 0. The fourth-order valence-electron chi connectivity index (χ4n) is 0.654. The molecule has 0 aromatic heterocycles. The van der Waals surface area contributed by atoms with E-state index in [0.717, 1.165) is 0 Å². The fourth-order valence-corrected chi connectivity index (χ4v) is 1.35. The average Bonchev–Trinajstić information content (AvgIpc) is 1.86. The molecule has 0 fully saturated rings. The molecular formula is C6H5Cl2O3P. The Balaban J connectivity index is 0.00000121. The predicted octanol–water partition coefficient (Wildman–Crippen LogP) is -1.46. The summed E-state index contributed by atoms with van der Waals surface area (Å²) < 4.78 is 0. The van der Waals surface area contributed by atoms with E-state index in [1.807, 2.05) is 0 Å². The molecular weight excluding hydrogens is 222 g/mol. The number of rotatable bonds is 1. The van der Waals surface area contributed by atoms with Crippen molar-refractivity contribution in [1.82, 2.24) is 0 Å². The molecule has 0 bridgehead atoms.